The highest BCUT2D eigenvalue weighted by molar-refractivity contribution is 6.09. The minimum atomic E-state index is -0.350. The SMILES string of the molecule is c1ccc(-c2ccc3oc4ccccc4c3c2C2N=C(c3ccc(-c4ccc5ccccc5c4)cc3)NC(c3ccccc3)N2)cc1. The Balaban J connectivity index is 1.20. The van der Waals surface area contributed by atoms with Crippen LogP contribution in [0.2, 0.25) is 0 Å². The molecule has 1 aliphatic heterocycles. The summed E-state index contributed by atoms with van der Waals surface area (Å²) in [6.07, 6.45) is -0.512. The second kappa shape index (κ2) is 11.4. The van der Waals surface area contributed by atoms with Crippen LogP contribution in [-0.2, 0) is 0 Å². The van der Waals surface area contributed by atoms with Crippen LogP contribution in [0.5, 0.6) is 0 Å². The normalized spacial score (nSPS) is 16.3. The number of para-hydroxylation sites is 1. The van der Waals surface area contributed by atoms with Crippen LogP contribution < -0.4 is 10.6 Å². The van der Waals surface area contributed by atoms with Crippen LogP contribution in [0, 0.1) is 0 Å². The maximum absolute atomic E-state index is 6.39. The van der Waals surface area contributed by atoms with E-state index in [1.54, 1.807) is 0 Å². The van der Waals surface area contributed by atoms with Crippen molar-refractivity contribution >= 4 is 38.5 Å². The van der Waals surface area contributed by atoms with Gasteiger partial charge in [0.25, 0.3) is 0 Å². The van der Waals surface area contributed by atoms with E-state index in [1.165, 1.54) is 21.9 Å². The molecule has 2 unspecified atom stereocenters. The van der Waals surface area contributed by atoms with E-state index >= 15 is 0 Å². The first-order valence-corrected chi connectivity index (χ1v) is 16.0. The third-order valence-electron chi connectivity index (χ3n) is 9.18. The lowest BCUT2D eigenvalue weighted by molar-refractivity contribution is 0.411. The Kier molecular flexibility index (Phi) is 6.65. The summed E-state index contributed by atoms with van der Waals surface area (Å²) in [5, 5.41) is 12.2. The van der Waals surface area contributed by atoms with E-state index in [9.17, 15) is 0 Å². The Morgan fingerprint density at radius 1 is 0.511 bits per heavy atom. The van der Waals surface area contributed by atoms with Gasteiger partial charge in [-0.15, -0.1) is 0 Å². The summed E-state index contributed by atoms with van der Waals surface area (Å²) in [4.78, 5) is 5.42. The molecule has 2 atom stereocenters. The molecule has 0 fully saturated rings. The third kappa shape index (κ3) is 4.96. The topological polar surface area (TPSA) is 49.6 Å². The number of furan rings is 1. The fourth-order valence-electron chi connectivity index (χ4n) is 6.86. The number of nitrogens with one attached hydrogen (secondary N) is 2. The van der Waals surface area contributed by atoms with E-state index in [0.717, 1.165) is 55.6 Å². The first-order valence-electron chi connectivity index (χ1n) is 16.0. The molecular formula is C43H31N3O. The third-order valence-corrected chi connectivity index (χ3v) is 9.18. The van der Waals surface area contributed by atoms with Gasteiger partial charge in [0.15, 0.2) is 0 Å². The summed E-state index contributed by atoms with van der Waals surface area (Å²) in [6.45, 7) is 0. The van der Waals surface area contributed by atoms with Gasteiger partial charge in [-0.25, -0.2) is 4.99 Å². The Bertz CT molecular complexity index is 2410. The molecule has 1 aliphatic rings. The van der Waals surface area contributed by atoms with E-state index in [-0.39, 0.29) is 12.3 Å². The minimum absolute atomic E-state index is 0.161. The Morgan fingerprint density at radius 2 is 1.19 bits per heavy atom. The molecule has 9 rings (SSSR count). The van der Waals surface area contributed by atoms with E-state index in [4.69, 9.17) is 9.41 Å². The van der Waals surface area contributed by atoms with Gasteiger partial charge in [0.2, 0.25) is 0 Å². The van der Waals surface area contributed by atoms with Crippen LogP contribution in [0.25, 0.3) is 55.0 Å². The maximum atomic E-state index is 6.39. The van der Waals surface area contributed by atoms with Crippen molar-refractivity contribution in [2.75, 3.05) is 0 Å². The van der Waals surface area contributed by atoms with Crippen molar-refractivity contribution in [3.63, 3.8) is 0 Å². The van der Waals surface area contributed by atoms with Crippen molar-refractivity contribution in [1.29, 1.82) is 0 Å². The summed E-state index contributed by atoms with van der Waals surface area (Å²) in [5.74, 6) is 0.844. The van der Waals surface area contributed by atoms with Gasteiger partial charge in [0.1, 0.15) is 29.3 Å². The van der Waals surface area contributed by atoms with E-state index in [1.807, 2.05) is 12.1 Å². The van der Waals surface area contributed by atoms with Gasteiger partial charge in [-0.05, 0) is 56.8 Å². The number of hydrogen-bond donors (Lipinski definition) is 2. The number of hydrogen-bond acceptors (Lipinski definition) is 4. The second-order valence-electron chi connectivity index (χ2n) is 12.0. The minimum Gasteiger partial charge on any atom is -0.456 e. The predicted molar refractivity (Wildman–Crippen MR) is 193 cm³/mol. The highest BCUT2D eigenvalue weighted by Gasteiger charge is 2.30. The number of fused-ring (bicyclic) bond motifs is 4. The molecule has 0 aliphatic carbocycles. The molecule has 0 saturated carbocycles. The second-order valence-corrected chi connectivity index (χ2v) is 12.0. The van der Waals surface area contributed by atoms with Gasteiger partial charge in [0, 0.05) is 21.9 Å². The summed E-state index contributed by atoms with van der Waals surface area (Å²) >= 11 is 0. The number of benzene rings is 7. The summed E-state index contributed by atoms with van der Waals surface area (Å²) in [6, 6.07) is 57.5. The Morgan fingerprint density at radius 3 is 2.02 bits per heavy atom. The number of aliphatic imine (C=N–C) groups is 1. The lowest BCUT2D eigenvalue weighted by atomic mass is 9.92. The smallest absolute Gasteiger partial charge is 0.135 e. The highest BCUT2D eigenvalue weighted by Crippen LogP contribution is 2.42. The van der Waals surface area contributed by atoms with Crippen molar-refractivity contribution in [1.82, 2.24) is 10.6 Å². The van der Waals surface area contributed by atoms with Gasteiger partial charge < -0.3 is 9.73 Å². The van der Waals surface area contributed by atoms with E-state index in [2.05, 4.69) is 162 Å². The van der Waals surface area contributed by atoms with Gasteiger partial charge in [0.05, 0.1) is 0 Å². The van der Waals surface area contributed by atoms with Crippen LogP contribution in [0.1, 0.15) is 29.0 Å². The molecule has 7 aromatic carbocycles. The van der Waals surface area contributed by atoms with Crippen LogP contribution in [0.3, 0.4) is 0 Å². The zero-order chi connectivity index (χ0) is 31.2. The van der Waals surface area contributed by atoms with Gasteiger partial charge in [-0.1, -0.05) is 146 Å². The summed E-state index contributed by atoms with van der Waals surface area (Å²) < 4.78 is 6.39. The molecule has 0 amide bonds. The van der Waals surface area contributed by atoms with E-state index < -0.39 is 0 Å². The van der Waals surface area contributed by atoms with Crippen LogP contribution in [0.4, 0.5) is 0 Å². The molecule has 47 heavy (non-hydrogen) atoms. The largest absolute Gasteiger partial charge is 0.456 e. The van der Waals surface area contributed by atoms with Gasteiger partial charge >= 0.3 is 0 Å². The Labute approximate surface area is 273 Å². The van der Waals surface area contributed by atoms with Crippen molar-refractivity contribution in [3.05, 3.63) is 180 Å². The number of nitrogens with zero attached hydrogens (tertiary/aromatic N) is 1. The first-order chi connectivity index (χ1) is 23.3. The van der Waals surface area contributed by atoms with Gasteiger partial charge in [-0.3, -0.25) is 5.32 Å². The maximum Gasteiger partial charge on any atom is 0.135 e. The number of amidine groups is 1. The number of rotatable bonds is 5. The van der Waals surface area contributed by atoms with Gasteiger partial charge in [-0.2, -0.15) is 0 Å². The van der Waals surface area contributed by atoms with Crippen molar-refractivity contribution < 1.29 is 4.42 Å². The molecule has 2 N–H and O–H groups in total. The average Bonchev–Trinajstić information content (AvgIpc) is 3.54. The summed E-state index contributed by atoms with van der Waals surface area (Å²) in [5.41, 5.74) is 9.65. The van der Waals surface area contributed by atoms with E-state index in [0.29, 0.717) is 0 Å². The molecule has 224 valence electrons. The zero-order valence-electron chi connectivity index (χ0n) is 25.6. The predicted octanol–water partition coefficient (Wildman–Crippen LogP) is 10.4. The standard InChI is InChI=1S/C43H31N3O/c1-3-12-30(13-4-1)35-25-26-38-39(36-17-9-10-18-37(36)47-38)40(35)43-45-41(31-14-5-2-6-15-31)44-42(46-43)32-22-19-29(20-23-32)34-24-21-28-11-7-8-16-33(28)27-34/h1-27,41,43,45H,(H,44,46). The fraction of sp³-hybridized carbons (Fsp3) is 0.0465. The molecule has 1 aromatic heterocycles. The molecular weight excluding hydrogens is 574 g/mol. The molecule has 0 spiro atoms. The van der Waals surface area contributed by atoms with Crippen molar-refractivity contribution in [3.8, 4) is 22.3 Å². The highest BCUT2D eigenvalue weighted by atomic mass is 16.3. The molecule has 4 nitrogen and oxygen atoms in total. The molecule has 0 radical (unpaired) electrons. The fourth-order valence-corrected chi connectivity index (χ4v) is 6.86. The molecule has 8 aromatic rings. The quantitative estimate of drug-likeness (QED) is 0.205. The molecule has 0 saturated heterocycles. The lowest BCUT2D eigenvalue weighted by Gasteiger charge is -2.33. The Hall–Kier alpha value is -5.97. The van der Waals surface area contributed by atoms with Crippen LogP contribution >= 0.6 is 0 Å². The molecule has 4 heteroatoms. The molecule has 2 heterocycles. The average molecular weight is 606 g/mol. The first kappa shape index (κ1) is 27.3. The van der Waals surface area contributed by atoms with Crippen LogP contribution in [-0.4, -0.2) is 5.84 Å². The van der Waals surface area contributed by atoms with Crippen LogP contribution in [0.15, 0.2) is 173 Å². The van der Waals surface area contributed by atoms with Crippen molar-refractivity contribution in [2.45, 2.75) is 12.3 Å². The lowest BCUT2D eigenvalue weighted by Crippen LogP contribution is -2.45. The monoisotopic (exact) mass is 605 g/mol. The van der Waals surface area contributed by atoms with Crippen molar-refractivity contribution in [2.24, 2.45) is 4.99 Å². The summed E-state index contributed by atoms with van der Waals surface area (Å²) in [7, 11) is 0. The molecule has 0 bridgehead atoms. The zero-order valence-corrected chi connectivity index (χ0v) is 25.6.